The summed E-state index contributed by atoms with van der Waals surface area (Å²) in [6, 6.07) is 10.2. The Balaban J connectivity index is 1.84. The molecule has 1 nitrogen and oxygen atoms in total. The highest BCUT2D eigenvalue weighted by Crippen LogP contribution is 2.34. The number of hydrogen-bond acceptors (Lipinski definition) is 1. The van der Waals surface area contributed by atoms with Crippen LogP contribution < -0.4 is 5.32 Å². The molecule has 0 fully saturated rings. The van der Waals surface area contributed by atoms with Crippen LogP contribution in [0.15, 0.2) is 36.4 Å². The predicted molar refractivity (Wildman–Crippen MR) is 72.2 cm³/mol. The van der Waals surface area contributed by atoms with Crippen LogP contribution in [0.4, 0.5) is 14.5 Å². The first-order chi connectivity index (χ1) is 9.13. The monoisotopic (exact) mass is 259 g/mol. The Bertz CT molecular complexity index is 622. The molecular weight excluding hydrogens is 244 g/mol. The highest BCUT2D eigenvalue weighted by Gasteiger charge is 2.22. The molecule has 3 heteroatoms. The molecule has 0 radical (unpaired) electrons. The van der Waals surface area contributed by atoms with Crippen LogP contribution in [0.3, 0.4) is 0 Å². The van der Waals surface area contributed by atoms with E-state index in [0.717, 1.165) is 29.7 Å². The molecule has 0 saturated heterocycles. The Hall–Kier alpha value is -1.90. The van der Waals surface area contributed by atoms with Gasteiger partial charge in [0.05, 0.1) is 6.04 Å². The van der Waals surface area contributed by atoms with Crippen molar-refractivity contribution in [2.24, 2.45) is 0 Å². The van der Waals surface area contributed by atoms with E-state index in [0.29, 0.717) is 5.56 Å². The van der Waals surface area contributed by atoms with E-state index < -0.39 is 0 Å². The molecule has 0 bridgehead atoms. The topological polar surface area (TPSA) is 12.0 Å². The second-order valence-corrected chi connectivity index (χ2v) is 5.04. The molecule has 1 unspecified atom stereocenters. The van der Waals surface area contributed by atoms with E-state index in [2.05, 4.69) is 5.32 Å². The van der Waals surface area contributed by atoms with Crippen molar-refractivity contribution in [1.29, 1.82) is 0 Å². The van der Waals surface area contributed by atoms with Crippen molar-refractivity contribution in [2.75, 3.05) is 5.32 Å². The third-order valence-electron chi connectivity index (χ3n) is 3.70. The van der Waals surface area contributed by atoms with Crippen LogP contribution in [0, 0.1) is 18.6 Å². The van der Waals surface area contributed by atoms with Gasteiger partial charge in [-0.3, -0.25) is 0 Å². The predicted octanol–water partition coefficient (Wildman–Crippen LogP) is 4.37. The summed E-state index contributed by atoms with van der Waals surface area (Å²) in [6.07, 6.45) is 1.77. The number of hydrogen-bond donors (Lipinski definition) is 1. The summed E-state index contributed by atoms with van der Waals surface area (Å²) in [4.78, 5) is 0. The van der Waals surface area contributed by atoms with Gasteiger partial charge in [-0.2, -0.15) is 0 Å². The van der Waals surface area contributed by atoms with Crippen molar-refractivity contribution in [3.05, 3.63) is 64.7 Å². The van der Waals surface area contributed by atoms with Crippen molar-refractivity contribution >= 4 is 5.69 Å². The second kappa shape index (κ2) is 4.65. The summed E-state index contributed by atoms with van der Waals surface area (Å²) in [7, 11) is 0. The molecule has 98 valence electrons. The maximum Gasteiger partial charge on any atom is 0.128 e. The number of nitrogens with one attached hydrogen (secondary N) is 1. The molecule has 19 heavy (non-hydrogen) atoms. The summed E-state index contributed by atoms with van der Waals surface area (Å²) in [5.74, 6) is -0.400. The first-order valence-corrected chi connectivity index (χ1v) is 6.44. The molecule has 2 aromatic carbocycles. The van der Waals surface area contributed by atoms with Gasteiger partial charge in [0, 0.05) is 5.69 Å². The number of anilines is 1. The summed E-state index contributed by atoms with van der Waals surface area (Å²) in [5.41, 5.74) is 3.57. The summed E-state index contributed by atoms with van der Waals surface area (Å²) >= 11 is 0. The fraction of sp³-hybridized carbons (Fsp3) is 0.250. The molecule has 0 spiro atoms. The Morgan fingerprint density at radius 3 is 2.74 bits per heavy atom. The van der Waals surface area contributed by atoms with Gasteiger partial charge in [0.1, 0.15) is 11.6 Å². The van der Waals surface area contributed by atoms with E-state index in [1.165, 1.54) is 12.1 Å². The molecule has 0 aromatic heterocycles. The second-order valence-electron chi connectivity index (χ2n) is 5.04. The van der Waals surface area contributed by atoms with E-state index in [1.807, 2.05) is 12.1 Å². The van der Waals surface area contributed by atoms with Crippen molar-refractivity contribution < 1.29 is 8.78 Å². The molecule has 3 rings (SSSR count). The summed E-state index contributed by atoms with van der Waals surface area (Å²) in [6.45, 7) is 1.74. The van der Waals surface area contributed by atoms with Crippen LogP contribution >= 0.6 is 0 Å². The van der Waals surface area contributed by atoms with Gasteiger partial charge in [-0.05, 0) is 60.7 Å². The average molecular weight is 259 g/mol. The maximum atomic E-state index is 13.5. The fourth-order valence-corrected chi connectivity index (χ4v) is 2.62. The molecule has 1 aliphatic rings. The summed E-state index contributed by atoms with van der Waals surface area (Å²) < 4.78 is 26.7. The quantitative estimate of drug-likeness (QED) is 0.844. The normalized spacial score (nSPS) is 17.3. The zero-order valence-corrected chi connectivity index (χ0v) is 10.7. The third kappa shape index (κ3) is 2.33. The van der Waals surface area contributed by atoms with Crippen LogP contribution in [0.1, 0.15) is 29.2 Å². The number of halogens is 2. The minimum atomic E-state index is -0.206. The molecule has 0 amide bonds. The van der Waals surface area contributed by atoms with Crippen LogP contribution in [0.5, 0.6) is 0 Å². The lowest BCUT2D eigenvalue weighted by atomic mass is 10.1. The van der Waals surface area contributed by atoms with E-state index >= 15 is 0 Å². The van der Waals surface area contributed by atoms with Crippen LogP contribution in [-0.2, 0) is 6.42 Å². The Morgan fingerprint density at radius 2 is 1.95 bits per heavy atom. The number of rotatable bonds is 2. The maximum absolute atomic E-state index is 13.5. The minimum absolute atomic E-state index is 0.137. The van der Waals surface area contributed by atoms with Crippen LogP contribution in [0.2, 0.25) is 0 Å². The van der Waals surface area contributed by atoms with Crippen molar-refractivity contribution in [3.63, 3.8) is 0 Å². The molecular formula is C16H15F2N. The van der Waals surface area contributed by atoms with Gasteiger partial charge in [-0.1, -0.05) is 12.1 Å². The Morgan fingerprint density at radius 1 is 1.11 bits per heavy atom. The lowest BCUT2D eigenvalue weighted by molar-refractivity contribution is 0.618. The van der Waals surface area contributed by atoms with Gasteiger partial charge < -0.3 is 5.32 Å². The largest absolute Gasteiger partial charge is 0.378 e. The number of fused-ring (bicyclic) bond motifs is 1. The van der Waals surface area contributed by atoms with Crippen LogP contribution in [0.25, 0.3) is 0 Å². The molecule has 0 heterocycles. The molecule has 1 aliphatic carbocycles. The number of aryl methyl sites for hydroxylation is 2. The first kappa shape index (κ1) is 12.2. The molecule has 2 aromatic rings. The van der Waals surface area contributed by atoms with Gasteiger partial charge in [-0.15, -0.1) is 0 Å². The SMILES string of the molecule is Cc1ccc(NC2CCc3cc(F)ccc32)cc1F. The fourth-order valence-electron chi connectivity index (χ4n) is 2.62. The van der Waals surface area contributed by atoms with Gasteiger partial charge in [0.15, 0.2) is 0 Å². The Kier molecular flexibility index (Phi) is 2.97. The first-order valence-electron chi connectivity index (χ1n) is 6.44. The van der Waals surface area contributed by atoms with E-state index in [-0.39, 0.29) is 17.7 Å². The van der Waals surface area contributed by atoms with Crippen LogP contribution in [-0.4, -0.2) is 0 Å². The lowest BCUT2D eigenvalue weighted by Crippen LogP contribution is -2.07. The van der Waals surface area contributed by atoms with Gasteiger partial charge >= 0.3 is 0 Å². The molecule has 0 aliphatic heterocycles. The average Bonchev–Trinajstić information content (AvgIpc) is 2.76. The van der Waals surface area contributed by atoms with Gasteiger partial charge in [-0.25, -0.2) is 8.78 Å². The smallest absolute Gasteiger partial charge is 0.128 e. The highest BCUT2D eigenvalue weighted by atomic mass is 19.1. The minimum Gasteiger partial charge on any atom is -0.378 e. The standard InChI is InChI=1S/C16H15F2N/c1-10-2-5-13(9-15(10)18)19-16-7-3-11-8-12(17)4-6-14(11)16/h2,4-6,8-9,16,19H,3,7H2,1H3. The summed E-state index contributed by atoms with van der Waals surface area (Å²) in [5, 5.41) is 3.32. The van der Waals surface area contributed by atoms with E-state index in [1.54, 1.807) is 19.1 Å². The molecule has 0 saturated carbocycles. The zero-order chi connectivity index (χ0) is 13.4. The van der Waals surface area contributed by atoms with Gasteiger partial charge in [0.2, 0.25) is 0 Å². The molecule has 1 atom stereocenters. The third-order valence-corrected chi connectivity index (χ3v) is 3.70. The van der Waals surface area contributed by atoms with E-state index in [9.17, 15) is 8.78 Å². The lowest BCUT2D eigenvalue weighted by Gasteiger charge is -2.16. The van der Waals surface area contributed by atoms with Gasteiger partial charge in [0.25, 0.3) is 0 Å². The number of benzene rings is 2. The zero-order valence-electron chi connectivity index (χ0n) is 10.7. The van der Waals surface area contributed by atoms with E-state index in [4.69, 9.17) is 0 Å². The van der Waals surface area contributed by atoms with Crippen molar-refractivity contribution in [3.8, 4) is 0 Å². The Labute approximate surface area is 111 Å². The molecule has 1 N–H and O–H groups in total. The highest BCUT2D eigenvalue weighted by molar-refractivity contribution is 5.49. The van der Waals surface area contributed by atoms with Crippen molar-refractivity contribution in [1.82, 2.24) is 0 Å². The van der Waals surface area contributed by atoms with Crippen molar-refractivity contribution in [2.45, 2.75) is 25.8 Å².